The maximum absolute atomic E-state index is 11.1. The molecule has 4 heteroatoms. The second-order valence-electron chi connectivity index (χ2n) is 5.16. The van der Waals surface area contributed by atoms with E-state index in [-0.39, 0.29) is 6.42 Å². The van der Waals surface area contributed by atoms with Crippen LogP contribution in [-0.4, -0.2) is 25.7 Å². The molecule has 0 amide bonds. The third-order valence-corrected chi connectivity index (χ3v) is 3.28. The molecule has 0 aliphatic carbocycles. The molecule has 0 bridgehead atoms. The highest BCUT2D eigenvalue weighted by molar-refractivity contribution is 5.91. The van der Waals surface area contributed by atoms with Gasteiger partial charge in [0.05, 0.1) is 13.7 Å². The smallest absolute Gasteiger partial charge is 0.317 e. The van der Waals surface area contributed by atoms with Crippen LogP contribution in [0.1, 0.15) is 77.6 Å². The number of unbranched alkanes of at least 4 members (excludes halogenated alkanes) is 9. The van der Waals surface area contributed by atoms with Crippen molar-refractivity contribution in [2.24, 2.45) is 0 Å². The molecule has 0 aliphatic rings. The zero-order valence-electron chi connectivity index (χ0n) is 13.1. The van der Waals surface area contributed by atoms with Crippen LogP contribution < -0.4 is 0 Å². The lowest BCUT2D eigenvalue weighted by Gasteiger charge is -2.04. The largest absolute Gasteiger partial charge is 0.469 e. The summed E-state index contributed by atoms with van der Waals surface area (Å²) >= 11 is 0. The van der Waals surface area contributed by atoms with Crippen LogP contribution >= 0.6 is 0 Å². The van der Waals surface area contributed by atoms with Gasteiger partial charge in [-0.05, 0) is 6.42 Å². The van der Waals surface area contributed by atoms with Crippen LogP contribution in [0.2, 0.25) is 0 Å². The van der Waals surface area contributed by atoms with Gasteiger partial charge >= 0.3 is 11.9 Å². The van der Waals surface area contributed by atoms with Crippen molar-refractivity contribution >= 4 is 11.9 Å². The molecule has 0 rings (SSSR count). The Hall–Kier alpha value is -1.06. The van der Waals surface area contributed by atoms with Crippen molar-refractivity contribution in [3.63, 3.8) is 0 Å². The van der Waals surface area contributed by atoms with Gasteiger partial charge in [-0.15, -0.1) is 0 Å². The summed E-state index contributed by atoms with van der Waals surface area (Å²) in [7, 11) is 1.26. The maximum atomic E-state index is 11.1. The number of esters is 2. The molecule has 0 fully saturated rings. The van der Waals surface area contributed by atoms with Crippen molar-refractivity contribution in [1.82, 2.24) is 0 Å². The Balaban J connectivity index is 3.16. The molecule has 0 unspecified atom stereocenters. The lowest BCUT2D eigenvalue weighted by molar-refractivity contribution is -0.153. The Morgan fingerprint density at radius 2 is 1.25 bits per heavy atom. The second-order valence-corrected chi connectivity index (χ2v) is 5.16. The minimum absolute atomic E-state index is 0.283. The molecule has 0 radical (unpaired) electrons. The molecule has 118 valence electrons. The predicted molar refractivity (Wildman–Crippen MR) is 79.4 cm³/mol. The second kappa shape index (κ2) is 14.4. The summed E-state index contributed by atoms with van der Waals surface area (Å²) in [6.07, 6.45) is 12.2. The van der Waals surface area contributed by atoms with Crippen molar-refractivity contribution in [3.05, 3.63) is 0 Å². The average molecular weight is 286 g/mol. The maximum Gasteiger partial charge on any atom is 0.317 e. The lowest BCUT2D eigenvalue weighted by atomic mass is 10.1. The van der Waals surface area contributed by atoms with Gasteiger partial charge in [-0.3, -0.25) is 9.59 Å². The lowest BCUT2D eigenvalue weighted by Crippen LogP contribution is -2.12. The van der Waals surface area contributed by atoms with Gasteiger partial charge in [-0.25, -0.2) is 0 Å². The molecule has 0 spiro atoms. The zero-order valence-corrected chi connectivity index (χ0v) is 13.1. The Bertz CT molecular complexity index is 251. The molecule has 0 heterocycles. The molecule has 0 saturated carbocycles. The van der Waals surface area contributed by atoms with E-state index in [9.17, 15) is 9.59 Å². The van der Waals surface area contributed by atoms with Crippen LogP contribution in [0.5, 0.6) is 0 Å². The van der Waals surface area contributed by atoms with Crippen LogP contribution in [0.15, 0.2) is 0 Å². The summed E-state index contributed by atoms with van der Waals surface area (Å²) in [6.45, 7) is 2.64. The summed E-state index contributed by atoms with van der Waals surface area (Å²) < 4.78 is 9.33. The van der Waals surface area contributed by atoms with Crippen molar-refractivity contribution in [3.8, 4) is 0 Å². The van der Waals surface area contributed by atoms with E-state index < -0.39 is 11.9 Å². The number of hydrogen-bond donors (Lipinski definition) is 0. The fraction of sp³-hybridized carbons (Fsp3) is 0.875. The Morgan fingerprint density at radius 1 is 0.750 bits per heavy atom. The SMILES string of the molecule is CCCCCCCCCCCCOC(=O)CC(=O)OC. The van der Waals surface area contributed by atoms with Crippen LogP contribution in [-0.2, 0) is 19.1 Å². The number of methoxy groups -OCH3 is 1. The van der Waals surface area contributed by atoms with Crippen LogP contribution in [0, 0.1) is 0 Å². The zero-order chi connectivity index (χ0) is 15.1. The summed E-state index contributed by atoms with van der Waals surface area (Å²) in [4.78, 5) is 22.0. The summed E-state index contributed by atoms with van der Waals surface area (Å²) in [6, 6.07) is 0. The Kier molecular flexibility index (Phi) is 13.6. The van der Waals surface area contributed by atoms with E-state index in [0.717, 1.165) is 12.8 Å². The summed E-state index contributed by atoms with van der Waals surface area (Å²) in [5.41, 5.74) is 0. The first-order valence-electron chi connectivity index (χ1n) is 7.93. The average Bonchev–Trinajstić information content (AvgIpc) is 2.44. The van der Waals surface area contributed by atoms with E-state index in [1.165, 1.54) is 58.5 Å². The molecule has 4 nitrogen and oxygen atoms in total. The van der Waals surface area contributed by atoms with Gasteiger partial charge in [0, 0.05) is 0 Å². The fourth-order valence-electron chi connectivity index (χ4n) is 2.02. The van der Waals surface area contributed by atoms with E-state index >= 15 is 0 Å². The number of ether oxygens (including phenoxy) is 2. The molecule has 0 aromatic carbocycles. The fourth-order valence-corrected chi connectivity index (χ4v) is 2.02. The quantitative estimate of drug-likeness (QED) is 0.291. The molecule has 0 aliphatic heterocycles. The summed E-state index contributed by atoms with van der Waals surface area (Å²) in [5.74, 6) is -1.04. The third kappa shape index (κ3) is 13.4. The molecular weight excluding hydrogens is 256 g/mol. The van der Waals surface area contributed by atoms with Crippen molar-refractivity contribution in [2.75, 3.05) is 13.7 Å². The van der Waals surface area contributed by atoms with Crippen LogP contribution in [0.3, 0.4) is 0 Å². The van der Waals surface area contributed by atoms with Gasteiger partial charge in [0.1, 0.15) is 6.42 Å². The number of hydrogen-bond acceptors (Lipinski definition) is 4. The first-order chi connectivity index (χ1) is 9.70. The first kappa shape index (κ1) is 18.9. The van der Waals surface area contributed by atoms with Gasteiger partial charge < -0.3 is 9.47 Å². The topological polar surface area (TPSA) is 52.6 Å². The molecular formula is C16H30O4. The minimum Gasteiger partial charge on any atom is -0.469 e. The monoisotopic (exact) mass is 286 g/mol. The number of carbonyl (C=O) groups excluding carboxylic acids is 2. The van der Waals surface area contributed by atoms with E-state index in [4.69, 9.17) is 4.74 Å². The van der Waals surface area contributed by atoms with Crippen LogP contribution in [0.25, 0.3) is 0 Å². The highest BCUT2D eigenvalue weighted by Gasteiger charge is 2.09. The van der Waals surface area contributed by atoms with Crippen molar-refractivity contribution < 1.29 is 19.1 Å². The highest BCUT2D eigenvalue weighted by Crippen LogP contribution is 2.10. The minimum atomic E-state index is -0.543. The molecule has 0 aromatic rings. The van der Waals surface area contributed by atoms with E-state index in [0.29, 0.717) is 6.61 Å². The van der Waals surface area contributed by atoms with Gasteiger partial charge in [-0.1, -0.05) is 64.7 Å². The van der Waals surface area contributed by atoms with E-state index in [1.54, 1.807) is 0 Å². The van der Waals surface area contributed by atoms with Crippen molar-refractivity contribution in [1.29, 1.82) is 0 Å². The van der Waals surface area contributed by atoms with Gasteiger partial charge in [0.2, 0.25) is 0 Å². The normalized spacial score (nSPS) is 10.3. The van der Waals surface area contributed by atoms with E-state index in [1.807, 2.05) is 0 Å². The molecule has 0 saturated heterocycles. The molecule has 0 aromatic heterocycles. The summed E-state index contributed by atoms with van der Waals surface area (Å²) in [5, 5.41) is 0. The number of carbonyl (C=O) groups is 2. The predicted octanol–water partition coefficient (Wildman–Crippen LogP) is 4.01. The van der Waals surface area contributed by atoms with Crippen molar-refractivity contribution in [2.45, 2.75) is 77.6 Å². The van der Waals surface area contributed by atoms with Gasteiger partial charge in [0.15, 0.2) is 0 Å². The Labute approximate surface area is 123 Å². The van der Waals surface area contributed by atoms with Crippen LogP contribution in [0.4, 0.5) is 0 Å². The highest BCUT2D eigenvalue weighted by atomic mass is 16.5. The standard InChI is InChI=1S/C16H30O4/c1-3-4-5-6-7-8-9-10-11-12-13-20-16(18)14-15(17)19-2/h3-14H2,1-2H3. The van der Waals surface area contributed by atoms with Gasteiger partial charge in [-0.2, -0.15) is 0 Å². The molecule has 20 heavy (non-hydrogen) atoms. The van der Waals surface area contributed by atoms with E-state index in [2.05, 4.69) is 11.7 Å². The Morgan fingerprint density at radius 3 is 1.75 bits per heavy atom. The molecule has 0 atom stereocenters. The number of rotatable bonds is 13. The molecule has 0 N–H and O–H groups in total. The van der Waals surface area contributed by atoms with Gasteiger partial charge in [0.25, 0.3) is 0 Å². The first-order valence-corrected chi connectivity index (χ1v) is 7.93. The third-order valence-electron chi connectivity index (χ3n) is 3.28.